The molecule has 2 atom stereocenters. The van der Waals surface area contributed by atoms with Gasteiger partial charge in [0.25, 0.3) is 0 Å². The van der Waals surface area contributed by atoms with Crippen LogP contribution in [0.1, 0.15) is 39.6 Å². The van der Waals surface area contributed by atoms with E-state index in [1.165, 1.54) is 0 Å². The summed E-state index contributed by atoms with van der Waals surface area (Å²) in [4.78, 5) is 25.4. The average molecular weight is 286 g/mol. The largest absolute Gasteiger partial charge is 0.380 e. The zero-order valence-corrected chi connectivity index (χ0v) is 12.1. The number of hydrogen-bond donors (Lipinski definition) is 0. The molecule has 21 heavy (non-hydrogen) atoms. The van der Waals surface area contributed by atoms with Gasteiger partial charge in [-0.1, -0.05) is 19.1 Å². The molecule has 110 valence electrons. The lowest BCUT2D eigenvalue weighted by atomic mass is 9.76. The lowest BCUT2D eigenvalue weighted by Crippen LogP contribution is -2.43. The highest BCUT2D eigenvalue weighted by molar-refractivity contribution is 6.19. The molecule has 4 nitrogen and oxygen atoms in total. The van der Waals surface area contributed by atoms with E-state index in [9.17, 15) is 9.59 Å². The third-order valence-electron chi connectivity index (χ3n) is 4.74. The predicted molar refractivity (Wildman–Crippen MR) is 75.6 cm³/mol. The number of benzene rings is 1. The van der Waals surface area contributed by atoms with Crippen LogP contribution in [0.2, 0.25) is 0 Å². The number of carbonyl (C=O) groups is 2. The summed E-state index contributed by atoms with van der Waals surface area (Å²) in [5, 5.41) is 0. The van der Waals surface area contributed by atoms with Crippen LogP contribution in [0, 0.1) is 11.3 Å². The maximum atomic E-state index is 12.8. The maximum Gasteiger partial charge on any atom is 0.173 e. The number of rotatable bonds is 4. The van der Waals surface area contributed by atoms with Crippen molar-refractivity contribution in [3.05, 3.63) is 34.9 Å². The first-order chi connectivity index (χ1) is 10.1. The molecule has 2 aliphatic carbocycles. The molecule has 4 aliphatic rings. The number of fused-ring (bicyclic) bond motifs is 4. The molecule has 1 aromatic rings. The van der Waals surface area contributed by atoms with E-state index in [0.29, 0.717) is 30.8 Å². The Morgan fingerprint density at radius 2 is 2.00 bits per heavy atom. The zero-order valence-electron chi connectivity index (χ0n) is 12.1. The quantitative estimate of drug-likeness (QED) is 0.628. The Hall–Kier alpha value is -1.52. The Labute approximate surface area is 123 Å². The minimum atomic E-state index is -0.548. The second-order valence-electron chi connectivity index (χ2n) is 6.82. The van der Waals surface area contributed by atoms with Crippen LogP contribution in [0.4, 0.5) is 0 Å². The normalized spacial score (nSPS) is 29.2. The van der Waals surface area contributed by atoms with Crippen molar-refractivity contribution in [2.75, 3.05) is 19.8 Å². The smallest absolute Gasteiger partial charge is 0.173 e. The summed E-state index contributed by atoms with van der Waals surface area (Å²) in [5.41, 5.74) is 2.29. The summed E-state index contributed by atoms with van der Waals surface area (Å²) >= 11 is 0. The van der Waals surface area contributed by atoms with E-state index >= 15 is 0 Å². The number of hydrogen-bond acceptors (Lipinski definition) is 4. The molecule has 0 N–H and O–H groups in total. The fourth-order valence-corrected chi connectivity index (χ4v) is 3.34. The van der Waals surface area contributed by atoms with Crippen molar-refractivity contribution in [3.63, 3.8) is 0 Å². The molecule has 0 aromatic heterocycles. The topological polar surface area (TPSA) is 55.9 Å². The van der Waals surface area contributed by atoms with Crippen LogP contribution < -0.4 is 0 Å². The van der Waals surface area contributed by atoms with Gasteiger partial charge < -0.3 is 9.47 Å². The van der Waals surface area contributed by atoms with Gasteiger partial charge in [-0.15, -0.1) is 0 Å². The summed E-state index contributed by atoms with van der Waals surface area (Å²) in [6.45, 7) is 4.11. The Bertz CT molecular complexity index is 626. The SMILES string of the molecule is CC1(CC2C(=O)c3ccc(c(CC4CO4)c3)C2=O)COC1. The van der Waals surface area contributed by atoms with Crippen LogP contribution in [-0.2, 0) is 15.9 Å². The van der Waals surface area contributed by atoms with Crippen LogP contribution in [0.3, 0.4) is 0 Å². The van der Waals surface area contributed by atoms with Gasteiger partial charge in [-0.2, -0.15) is 0 Å². The van der Waals surface area contributed by atoms with E-state index in [4.69, 9.17) is 9.47 Å². The van der Waals surface area contributed by atoms with Crippen LogP contribution in [-0.4, -0.2) is 37.5 Å². The fourth-order valence-electron chi connectivity index (χ4n) is 3.34. The van der Waals surface area contributed by atoms with Crippen molar-refractivity contribution in [1.82, 2.24) is 0 Å². The first-order valence-corrected chi connectivity index (χ1v) is 7.46. The number of ether oxygens (including phenoxy) is 2. The molecule has 2 saturated heterocycles. The summed E-state index contributed by atoms with van der Waals surface area (Å²) in [7, 11) is 0. The van der Waals surface area contributed by atoms with Crippen molar-refractivity contribution >= 4 is 11.6 Å². The third kappa shape index (κ3) is 2.23. The maximum absolute atomic E-state index is 12.8. The van der Waals surface area contributed by atoms with E-state index < -0.39 is 5.92 Å². The van der Waals surface area contributed by atoms with Gasteiger partial charge in [-0.05, 0) is 18.1 Å². The molecule has 0 radical (unpaired) electrons. The number of Topliss-reactive ketones (excluding diaryl/α,β-unsaturated/α-hetero) is 2. The summed E-state index contributed by atoms with van der Waals surface area (Å²) in [5.74, 6) is -0.609. The lowest BCUT2D eigenvalue weighted by molar-refractivity contribution is -0.109. The average Bonchev–Trinajstić information content (AvgIpc) is 3.25. The minimum absolute atomic E-state index is 0.0243. The van der Waals surface area contributed by atoms with E-state index in [2.05, 4.69) is 6.92 Å². The van der Waals surface area contributed by atoms with Gasteiger partial charge in [0.05, 0.1) is 31.8 Å². The molecule has 2 heterocycles. The predicted octanol–water partition coefficient (Wildman–Crippen LogP) is 2.05. The molecule has 2 unspecified atom stereocenters. The molecule has 0 amide bonds. The van der Waals surface area contributed by atoms with Gasteiger partial charge in [0.1, 0.15) is 0 Å². The van der Waals surface area contributed by atoms with Crippen LogP contribution in [0.15, 0.2) is 18.2 Å². The van der Waals surface area contributed by atoms with Gasteiger partial charge in [-0.3, -0.25) is 9.59 Å². The second-order valence-corrected chi connectivity index (χ2v) is 6.82. The van der Waals surface area contributed by atoms with Crippen molar-refractivity contribution in [2.24, 2.45) is 11.3 Å². The Morgan fingerprint density at radius 1 is 1.24 bits per heavy atom. The first-order valence-electron chi connectivity index (χ1n) is 7.46. The van der Waals surface area contributed by atoms with Gasteiger partial charge in [0.2, 0.25) is 0 Å². The fraction of sp³-hybridized carbons (Fsp3) is 0.529. The molecule has 5 rings (SSSR count). The van der Waals surface area contributed by atoms with E-state index in [0.717, 1.165) is 18.6 Å². The van der Waals surface area contributed by atoms with Crippen LogP contribution >= 0.6 is 0 Å². The minimum Gasteiger partial charge on any atom is -0.380 e. The highest BCUT2D eigenvalue weighted by Gasteiger charge is 2.43. The van der Waals surface area contributed by atoms with Crippen molar-refractivity contribution in [2.45, 2.75) is 25.9 Å². The van der Waals surface area contributed by atoms with Crippen molar-refractivity contribution < 1.29 is 19.1 Å². The summed E-state index contributed by atoms with van der Waals surface area (Å²) in [6, 6.07) is 5.48. The summed E-state index contributed by atoms with van der Waals surface area (Å²) < 4.78 is 10.5. The molecule has 0 saturated carbocycles. The molecule has 2 aliphatic heterocycles. The molecular formula is C17H18O4. The van der Waals surface area contributed by atoms with E-state index in [1.54, 1.807) is 6.07 Å². The summed E-state index contributed by atoms with van der Waals surface area (Å²) in [6.07, 6.45) is 1.53. The molecule has 4 heteroatoms. The van der Waals surface area contributed by atoms with Crippen LogP contribution in [0.5, 0.6) is 0 Å². The Balaban J connectivity index is 1.66. The molecule has 0 spiro atoms. The van der Waals surface area contributed by atoms with Gasteiger partial charge in [-0.25, -0.2) is 0 Å². The number of ketones is 2. The second kappa shape index (κ2) is 4.49. The molecule has 2 fully saturated rings. The first kappa shape index (κ1) is 13.2. The van der Waals surface area contributed by atoms with E-state index in [-0.39, 0.29) is 23.1 Å². The van der Waals surface area contributed by atoms with E-state index in [1.807, 2.05) is 12.1 Å². The van der Waals surface area contributed by atoms with Crippen molar-refractivity contribution in [1.29, 1.82) is 0 Å². The number of epoxide rings is 1. The van der Waals surface area contributed by atoms with Gasteiger partial charge in [0.15, 0.2) is 11.6 Å². The van der Waals surface area contributed by atoms with Gasteiger partial charge >= 0.3 is 0 Å². The van der Waals surface area contributed by atoms with Crippen molar-refractivity contribution in [3.8, 4) is 0 Å². The zero-order chi connectivity index (χ0) is 14.6. The standard InChI is InChI=1S/C17H18O4/c1-17(8-20-9-17)6-14-15(18)10-2-3-13(16(14)19)11(4-10)5-12-7-21-12/h2-4,12,14H,5-9H2,1H3. The molecular weight excluding hydrogens is 268 g/mol. The molecule has 2 bridgehead atoms. The Kier molecular flexibility index (Phi) is 2.81. The Morgan fingerprint density at radius 3 is 2.62 bits per heavy atom. The lowest BCUT2D eigenvalue weighted by Gasteiger charge is -2.39. The molecule has 1 aromatic carbocycles. The highest BCUT2D eigenvalue weighted by Crippen LogP contribution is 2.38. The monoisotopic (exact) mass is 286 g/mol. The van der Waals surface area contributed by atoms with Crippen LogP contribution in [0.25, 0.3) is 0 Å². The van der Waals surface area contributed by atoms with Gasteiger partial charge in [0, 0.05) is 23.0 Å². The third-order valence-corrected chi connectivity index (χ3v) is 4.74. The number of carbonyl (C=O) groups excluding carboxylic acids is 2. The highest BCUT2D eigenvalue weighted by atomic mass is 16.6.